The van der Waals surface area contributed by atoms with Gasteiger partial charge in [0.2, 0.25) is 5.89 Å². The Morgan fingerprint density at radius 3 is 2.62 bits per heavy atom. The maximum Gasteiger partial charge on any atom is 0.231 e. The van der Waals surface area contributed by atoms with E-state index in [9.17, 15) is 0 Å². The summed E-state index contributed by atoms with van der Waals surface area (Å²) in [5.41, 5.74) is 1.27. The summed E-state index contributed by atoms with van der Waals surface area (Å²) in [5, 5.41) is 7.46. The molecule has 0 aliphatic rings. The summed E-state index contributed by atoms with van der Waals surface area (Å²) in [7, 11) is 0. The maximum atomic E-state index is 5.39. The lowest BCUT2D eigenvalue weighted by Crippen LogP contribution is -2.30. The first-order valence-corrected chi connectivity index (χ1v) is 8.34. The Morgan fingerprint density at radius 2 is 1.95 bits per heavy atom. The lowest BCUT2D eigenvalue weighted by molar-refractivity contribution is 0.330. The zero-order valence-electron chi connectivity index (χ0n) is 13.1. The molecule has 21 heavy (non-hydrogen) atoms. The average molecular weight is 305 g/mol. The number of thioether (sulfide) groups is 1. The lowest BCUT2D eigenvalue weighted by Gasteiger charge is -2.16. The Labute approximate surface area is 130 Å². The van der Waals surface area contributed by atoms with Gasteiger partial charge in [0.05, 0.1) is 11.7 Å². The largest absolute Gasteiger partial charge is 0.339 e. The maximum absolute atomic E-state index is 5.39. The first-order valence-electron chi connectivity index (χ1n) is 7.35. The summed E-state index contributed by atoms with van der Waals surface area (Å²) in [6, 6.07) is 8.80. The number of nitrogens with zero attached hydrogens (tertiary/aromatic N) is 2. The van der Waals surface area contributed by atoms with Gasteiger partial charge in [-0.1, -0.05) is 36.7 Å². The number of benzene rings is 1. The normalized spacial score (nSPS) is 14.1. The second-order valence-electron chi connectivity index (χ2n) is 5.29. The molecule has 1 heterocycles. The second-order valence-corrected chi connectivity index (χ2v) is 6.33. The van der Waals surface area contributed by atoms with Crippen molar-refractivity contribution in [2.45, 2.75) is 50.3 Å². The van der Waals surface area contributed by atoms with Crippen LogP contribution in [0.2, 0.25) is 0 Å². The molecule has 1 N–H and O–H groups in total. The van der Waals surface area contributed by atoms with Crippen molar-refractivity contribution in [3.05, 3.63) is 41.5 Å². The molecule has 0 spiro atoms. The monoisotopic (exact) mass is 305 g/mol. The highest BCUT2D eigenvalue weighted by molar-refractivity contribution is 7.98. The van der Waals surface area contributed by atoms with Crippen LogP contribution in [-0.2, 0) is 5.75 Å². The Morgan fingerprint density at radius 1 is 1.24 bits per heavy atom. The molecule has 0 bridgehead atoms. The Kier molecular flexibility index (Phi) is 5.82. The molecular weight excluding hydrogens is 282 g/mol. The van der Waals surface area contributed by atoms with Gasteiger partial charge in [-0.25, -0.2) is 0 Å². The van der Waals surface area contributed by atoms with Gasteiger partial charge in [-0.15, -0.1) is 11.8 Å². The summed E-state index contributed by atoms with van der Waals surface area (Å²) in [6.45, 7) is 9.38. The molecule has 2 atom stereocenters. The van der Waals surface area contributed by atoms with Crippen LogP contribution in [0.3, 0.4) is 0 Å². The summed E-state index contributed by atoms with van der Waals surface area (Å²) in [5.74, 6) is 2.42. The van der Waals surface area contributed by atoms with Gasteiger partial charge in [0.1, 0.15) is 0 Å². The van der Waals surface area contributed by atoms with Crippen molar-refractivity contribution in [1.82, 2.24) is 15.5 Å². The number of aromatic nitrogens is 2. The van der Waals surface area contributed by atoms with Crippen LogP contribution in [0.1, 0.15) is 44.0 Å². The molecular formula is C16H23N3OS. The fourth-order valence-electron chi connectivity index (χ4n) is 2.01. The van der Waals surface area contributed by atoms with Gasteiger partial charge in [0.25, 0.3) is 0 Å². The molecule has 0 saturated carbocycles. The van der Waals surface area contributed by atoms with Gasteiger partial charge in [-0.05, 0) is 32.5 Å². The number of hydrogen-bond donors (Lipinski definition) is 1. The van der Waals surface area contributed by atoms with Crippen molar-refractivity contribution in [3.8, 4) is 0 Å². The minimum absolute atomic E-state index is 0.218. The van der Waals surface area contributed by atoms with Crippen LogP contribution < -0.4 is 5.32 Å². The van der Waals surface area contributed by atoms with Crippen molar-refractivity contribution in [3.63, 3.8) is 0 Å². The van der Waals surface area contributed by atoms with Gasteiger partial charge < -0.3 is 9.84 Å². The van der Waals surface area contributed by atoms with E-state index in [0.717, 1.165) is 18.1 Å². The smallest absolute Gasteiger partial charge is 0.231 e. The highest BCUT2D eigenvalue weighted by Crippen LogP contribution is 2.23. The summed E-state index contributed by atoms with van der Waals surface area (Å²) in [6.07, 6.45) is 0. The summed E-state index contributed by atoms with van der Waals surface area (Å²) < 4.78 is 5.39. The van der Waals surface area contributed by atoms with E-state index in [-0.39, 0.29) is 5.92 Å². The molecule has 0 saturated heterocycles. The SMILES string of the molecule is CCNC(C)C(C)c1nc(CSc2ccc(C)cc2)no1. The molecule has 1 aromatic carbocycles. The van der Waals surface area contributed by atoms with E-state index in [1.54, 1.807) is 11.8 Å². The second kappa shape index (κ2) is 7.61. The standard InChI is InChI=1S/C16H23N3OS/c1-5-17-13(4)12(3)16-18-15(19-20-16)10-21-14-8-6-11(2)7-9-14/h6-9,12-13,17H,5,10H2,1-4H3. The minimum Gasteiger partial charge on any atom is -0.339 e. The van der Waals surface area contributed by atoms with Crippen LogP contribution >= 0.6 is 11.8 Å². The van der Waals surface area contributed by atoms with Gasteiger partial charge >= 0.3 is 0 Å². The topological polar surface area (TPSA) is 51.0 Å². The Balaban J connectivity index is 1.92. The average Bonchev–Trinajstić information content (AvgIpc) is 2.95. The summed E-state index contributed by atoms with van der Waals surface area (Å²) >= 11 is 1.73. The first-order chi connectivity index (χ1) is 10.1. The molecule has 2 rings (SSSR count). The molecule has 2 unspecified atom stereocenters. The van der Waals surface area contributed by atoms with E-state index in [0.29, 0.717) is 11.9 Å². The number of aryl methyl sites for hydroxylation is 1. The number of likely N-dealkylation sites (N-methyl/N-ethyl adjacent to an activating group) is 1. The van der Waals surface area contributed by atoms with Crippen molar-refractivity contribution < 1.29 is 4.52 Å². The predicted octanol–water partition coefficient (Wildman–Crippen LogP) is 3.77. The Bertz CT molecular complexity index is 553. The van der Waals surface area contributed by atoms with E-state index in [2.05, 4.69) is 67.4 Å². The molecule has 0 aliphatic carbocycles. The van der Waals surface area contributed by atoms with Crippen molar-refractivity contribution in [1.29, 1.82) is 0 Å². The molecule has 0 radical (unpaired) electrons. The van der Waals surface area contributed by atoms with E-state index in [1.807, 2.05) is 0 Å². The van der Waals surface area contributed by atoms with Crippen LogP contribution in [0.4, 0.5) is 0 Å². The van der Waals surface area contributed by atoms with Crippen LogP contribution in [0.15, 0.2) is 33.7 Å². The van der Waals surface area contributed by atoms with Gasteiger partial charge in [0.15, 0.2) is 5.82 Å². The van der Waals surface area contributed by atoms with E-state index in [1.165, 1.54) is 10.5 Å². The van der Waals surface area contributed by atoms with Gasteiger partial charge in [-0.3, -0.25) is 0 Å². The molecule has 2 aromatic rings. The van der Waals surface area contributed by atoms with Crippen molar-refractivity contribution in [2.75, 3.05) is 6.54 Å². The van der Waals surface area contributed by atoms with E-state index >= 15 is 0 Å². The third-order valence-electron chi connectivity index (χ3n) is 3.54. The summed E-state index contributed by atoms with van der Waals surface area (Å²) in [4.78, 5) is 5.73. The highest BCUT2D eigenvalue weighted by Gasteiger charge is 2.19. The van der Waals surface area contributed by atoms with Crippen molar-refractivity contribution in [2.24, 2.45) is 0 Å². The minimum atomic E-state index is 0.218. The molecule has 0 aliphatic heterocycles. The lowest BCUT2D eigenvalue weighted by atomic mass is 10.0. The molecule has 0 amide bonds. The molecule has 114 valence electrons. The van der Waals surface area contributed by atoms with Crippen LogP contribution in [0.5, 0.6) is 0 Å². The van der Waals surface area contributed by atoms with Gasteiger partial charge in [-0.2, -0.15) is 4.98 Å². The van der Waals surface area contributed by atoms with Crippen molar-refractivity contribution >= 4 is 11.8 Å². The fraction of sp³-hybridized carbons (Fsp3) is 0.500. The first kappa shape index (κ1) is 16.0. The number of nitrogens with one attached hydrogen (secondary N) is 1. The number of rotatable bonds is 7. The molecule has 0 fully saturated rings. The van der Waals surface area contributed by atoms with Gasteiger partial charge in [0, 0.05) is 10.9 Å². The quantitative estimate of drug-likeness (QED) is 0.789. The predicted molar refractivity (Wildman–Crippen MR) is 86.6 cm³/mol. The van der Waals surface area contributed by atoms with Crippen LogP contribution in [-0.4, -0.2) is 22.7 Å². The fourth-order valence-corrected chi connectivity index (χ4v) is 2.75. The van der Waals surface area contributed by atoms with Crippen LogP contribution in [0.25, 0.3) is 0 Å². The van der Waals surface area contributed by atoms with E-state index in [4.69, 9.17) is 4.52 Å². The molecule has 1 aromatic heterocycles. The number of hydrogen-bond acceptors (Lipinski definition) is 5. The molecule has 4 nitrogen and oxygen atoms in total. The Hall–Kier alpha value is -1.33. The molecule has 5 heteroatoms. The zero-order valence-corrected chi connectivity index (χ0v) is 13.9. The highest BCUT2D eigenvalue weighted by atomic mass is 32.2. The third kappa shape index (κ3) is 4.58. The third-order valence-corrected chi connectivity index (χ3v) is 4.55. The zero-order chi connectivity index (χ0) is 15.2. The van der Waals surface area contributed by atoms with E-state index < -0.39 is 0 Å². The van der Waals surface area contributed by atoms with Crippen LogP contribution in [0, 0.1) is 6.92 Å².